The molecule has 0 amide bonds. The van der Waals surface area contributed by atoms with Crippen LogP contribution >= 0.6 is 0 Å². The van der Waals surface area contributed by atoms with Gasteiger partial charge in [-0.05, 0) is 49.9 Å². The zero-order valence-corrected chi connectivity index (χ0v) is 13.3. The van der Waals surface area contributed by atoms with E-state index >= 15 is 0 Å². The Hall–Kier alpha value is -2.09. The normalized spacial score (nSPS) is 16.2. The monoisotopic (exact) mass is 324 g/mol. The van der Waals surface area contributed by atoms with Gasteiger partial charge in [-0.2, -0.15) is 13.5 Å². The molecule has 2 rings (SSSR count). The zero-order valence-electron chi connectivity index (χ0n) is 12.4. The first-order valence-corrected chi connectivity index (χ1v) is 8.53. The van der Waals surface area contributed by atoms with Crippen molar-refractivity contribution < 1.29 is 12.7 Å². The average Bonchev–Trinajstić information content (AvgIpc) is 2.52. The van der Waals surface area contributed by atoms with Gasteiger partial charge in [0.2, 0.25) is 0 Å². The van der Waals surface area contributed by atoms with Crippen LogP contribution in [0.25, 0.3) is 0 Å². The molecule has 1 fully saturated rings. The van der Waals surface area contributed by atoms with E-state index in [1.807, 2.05) is 6.92 Å². The molecular weight excluding hydrogens is 304 g/mol. The number of oxime groups is 1. The molecule has 0 heterocycles. The first-order chi connectivity index (χ1) is 10.5. The average molecular weight is 324 g/mol. The molecule has 0 spiro atoms. The van der Waals surface area contributed by atoms with Gasteiger partial charge in [0.15, 0.2) is 0 Å². The van der Waals surface area contributed by atoms with Crippen molar-refractivity contribution in [2.24, 2.45) is 16.0 Å². The van der Waals surface area contributed by atoms with Gasteiger partial charge in [0.25, 0.3) is 5.96 Å². The van der Waals surface area contributed by atoms with Crippen LogP contribution in [0.3, 0.4) is 0 Å². The Kier molecular flexibility index (Phi) is 5.37. The lowest BCUT2D eigenvalue weighted by Gasteiger charge is -2.11. The number of nitrogens with one attached hydrogen (secondary N) is 1. The van der Waals surface area contributed by atoms with Crippen LogP contribution in [0.5, 0.6) is 0 Å². The van der Waals surface area contributed by atoms with Crippen molar-refractivity contribution in [3.05, 3.63) is 29.8 Å². The van der Waals surface area contributed by atoms with Gasteiger partial charge in [0.05, 0.1) is 0 Å². The van der Waals surface area contributed by atoms with Crippen molar-refractivity contribution in [3.63, 3.8) is 0 Å². The molecule has 0 aliphatic heterocycles. The Labute approximate surface area is 130 Å². The minimum Gasteiger partial charge on any atom is -0.366 e. The van der Waals surface area contributed by atoms with Crippen molar-refractivity contribution in [2.45, 2.75) is 43.9 Å². The molecule has 8 heteroatoms. The molecule has 0 aromatic heterocycles. The Morgan fingerprint density at radius 2 is 1.82 bits per heavy atom. The van der Waals surface area contributed by atoms with Crippen LogP contribution < -0.4 is 11.2 Å². The fourth-order valence-corrected chi connectivity index (χ4v) is 2.80. The molecule has 1 aromatic rings. The van der Waals surface area contributed by atoms with Gasteiger partial charge in [0, 0.05) is 5.71 Å². The highest BCUT2D eigenvalue weighted by Gasteiger charge is 2.15. The van der Waals surface area contributed by atoms with Crippen molar-refractivity contribution in [2.75, 3.05) is 0 Å². The van der Waals surface area contributed by atoms with Gasteiger partial charge < -0.3 is 5.73 Å². The van der Waals surface area contributed by atoms with Crippen LogP contribution in [0.1, 0.15) is 37.7 Å². The highest BCUT2D eigenvalue weighted by Crippen LogP contribution is 2.14. The van der Waals surface area contributed by atoms with E-state index in [0.717, 1.165) is 37.0 Å². The second kappa shape index (κ2) is 7.26. The van der Waals surface area contributed by atoms with E-state index in [4.69, 9.17) is 5.73 Å². The van der Waals surface area contributed by atoms with Crippen LogP contribution in [0.4, 0.5) is 0 Å². The number of aryl methyl sites for hydroxylation is 1. The first kappa shape index (κ1) is 16.3. The van der Waals surface area contributed by atoms with Crippen molar-refractivity contribution in [3.8, 4) is 0 Å². The van der Waals surface area contributed by atoms with Crippen LogP contribution in [0.2, 0.25) is 0 Å². The lowest BCUT2D eigenvalue weighted by molar-refractivity contribution is 0.336. The molecule has 0 saturated heterocycles. The third-order valence-corrected chi connectivity index (χ3v) is 4.42. The zero-order chi connectivity index (χ0) is 16.0. The summed E-state index contributed by atoms with van der Waals surface area (Å²) in [6.07, 6.45) is 5.26. The number of benzene rings is 1. The predicted octanol–water partition coefficient (Wildman–Crippen LogP) is 1.84. The van der Waals surface area contributed by atoms with Crippen LogP contribution in [-0.4, -0.2) is 20.1 Å². The molecule has 0 atom stereocenters. The molecule has 0 unspecified atom stereocenters. The Morgan fingerprint density at radius 1 is 1.18 bits per heavy atom. The highest BCUT2D eigenvalue weighted by atomic mass is 32.2. The summed E-state index contributed by atoms with van der Waals surface area (Å²) in [6, 6.07) is 6.26. The van der Waals surface area contributed by atoms with Gasteiger partial charge in [-0.3, -0.25) is 4.28 Å². The smallest absolute Gasteiger partial charge is 0.358 e. The molecule has 1 saturated carbocycles. The van der Waals surface area contributed by atoms with Crippen molar-refractivity contribution in [1.29, 1.82) is 0 Å². The largest absolute Gasteiger partial charge is 0.366 e. The summed E-state index contributed by atoms with van der Waals surface area (Å²) >= 11 is 0. The van der Waals surface area contributed by atoms with Crippen molar-refractivity contribution >= 4 is 21.8 Å². The number of nitrogens with zero attached hydrogens (tertiary/aromatic N) is 2. The molecule has 0 radical (unpaired) electrons. The quantitative estimate of drug-likeness (QED) is 0.499. The van der Waals surface area contributed by atoms with E-state index in [1.54, 1.807) is 12.1 Å². The van der Waals surface area contributed by atoms with E-state index in [9.17, 15) is 8.42 Å². The Balaban J connectivity index is 1.95. The minimum absolute atomic E-state index is 0.0215. The number of hydrogen-bond acceptors (Lipinski definition) is 5. The molecular formula is C14H20N4O3S. The summed E-state index contributed by atoms with van der Waals surface area (Å²) in [5.41, 5.74) is 10.0. The third-order valence-electron chi connectivity index (χ3n) is 3.30. The highest BCUT2D eigenvalue weighted by molar-refractivity contribution is 7.86. The molecule has 120 valence electrons. The third kappa shape index (κ3) is 4.73. The second-order valence-electron chi connectivity index (χ2n) is 5.17. The van der Waals surface area contributed by atoms with Crippen LogP contribution in [-0.2, 0) is 14.4 Å². The number of hydrazone groups is 1. The number of rotatable bonds is 4. The van der Waals surface area contributed by atoms with Gasteiger partial charge in [-0.15, -0.1) is 0 Å². The summed E-state index contributed by atoms with van der Waals surface area (Å²) in [5, 5.41) is 7.47. The van der Waals surface area contributed by atoms with Crippen LogP contribution in [0.15, 0.2) is 39.4 Å². The van der Waals surface area contributed by atoms with E-state index in [-0.39, 0.29) is 10.9 Å². The van der Waals surface area contributed by atoms with Gasteiger partial charge >= 0.3 is 10.1 Å². The van der Waals surface area contributed by atoms with E-state index in [0.29, 0.717) is 0 Å². The molecule has 0 bridgehead atoms. The van der Waals surface area contributed by atoms with E-state index < -0.39 is 10.1 Å². The number of guanidine groups is 1. The maximum absolute atomic E-state index is 11.9. The summed E-state index contributed by atoms with van der Waals surface area (Å²) < 4.78 is 28.4. The maximum Gasteiger partial charge on any atom is 0.358 e. The fourth-order valence-electron chi connectivity index (χ4n) is 2.07. The van der Waals surface area contributed by atoms with E-state index in [1.165, 1.54) is 18.6 Å². The maximum atomic E-state index is 11.9. The van der Waals surface area contributed by atoms with Gasteiger partial charge in [0.1, 0.15) is 4.90 Å². The molecule has 1 aromatic carbocycles. The lowest BCUT2D eigenvalue weighted by atomic mass is 9.99. The van der Waals surface area contributed by atoms with Gasteiger partial charge in [-0.1, -0.05) is 24.1 Å². The molecule has 7 nitrogen and oxygen atoms in total. The fraction of sp³-hybridized carbons (Fsp3) is 0.429. The van der Waals surface area contributed by atoms with Gasteiger partial charge in [-0.25, -0.2) is 5.43 Å². The molecule has 1 aliphatic carbocycles. The first-order valence-electron chi connectivity index (χ1n) is 7.12. The topological polar surface area (TPSA) is 106 Å². The van der Waals surface area contributed by atoms with Crippen molar-refractivity contribution in [1.82, 2.24) is 5.43 Å². The summed E-state index contributed by atoms with van der Waals surface area (Å²) in [5.74, 6) is -0.200. The summed E-state index contributed by atoms with van der Waals surface area (Å²) in [4.78, 5) is 0.0215. The Bertz CT molecular complexity index is 658. The lowest BCUT2D eigenvalue weighted by Crippen LogP contribution is -2.29. The summed E-state index contributed by atoms with van der Waals surface area (Å²) in [7, 11) is -3.97. The van der Waals surface area contributed by atoms with Crippen LogP contribution in [0, 0.1) is 6.92 Å². The minimum atomic E-state index is -3.97. The SMILES string of the molecule is Cc1ccc(S(=O)(=O)ON=C(N)NN=C2CCCCC2)cc1. The number of hydrogen-bond donors (Lipinski definition) is 2. The molecule has 1 aliphatic rings. The predicted molar refractivity (Wildman–Crippen MR) is 84.7 cm³/mol. The Morgan fingerprint density at radius 3 is 2.45 bits per heavy atom. The van der Waals surface area contributed by atoms with E-state index in [2.05, 4.69) is 20.0 Å². The number of nitrogens with two attached hydrogens (primary N) is 1. The molecule has 3 N–H and O–H groups in total. The second-order valence-corrected chi connectivity index (χ2v) is 6.70. The molecule has 22 heavy (non-hydrogen) atoms. The summed E-state index contributed by atoms with van der Waals surface area (Å²) in [6.45, 7) is 1.86. The standard InChI is InChI=1S/C14H20N4O3S/c1-11-7-9-13(10-8-11)22(19,20)21-18-14(15)17-16-12-5-3-2-4-6-12/h7-10H,2-6H2,1H3,(H3,15,17,18).